The quantitative estimate of drug-likeness (QED) is 0.516. The number of amides is 2. The molecule has 5 N–H and O–H groups in total. The Morgan fingerprint density at radius 1 is 1.32 bits per heavy atom. The van der Waals surface area contributed by atoms with E-state index in [4.69, 9.17) is 10.5 Å². The van der Waals surface area contributed by atoms with Gasteiger partial charge in [0.05, 0.1) is 12.1 Å². The zero-order chi connectivity index (χ0) is 20.7. The van der Waals surface area contributed by atoms with E-state index in [0.717, 1.165) is 19.3 Å². The number of carboxylic acid groups (broad SMARTS) is 1. The highest BCUT2D eigenvalue weighted by Crippen LogP contribution is 2.25. The van der Waals surface area contributed by atoms with Crippen molar-refractivity contribution < 1.29 is 24.2 Å². The topological polar surface area (TPSA) is 134 Å². The molecule has 28 heavy (non-hydrogen) atoms. The lowest BCUT2D eigenvalue weighted by molar-refractivity contribution is -0.133. The number of nitrogens with one attached hydrogen (secondary N) is 2. The van der Waals surface area contributed by atoms with Gasteiger partial charge in [0, 0.05) is 31.6 Å². The largest absolute Gasteiger partial charge is 0.478 e. The summed E-state index contributed by atoms with van der Waals surface area (Å²) in [5.74, 6) is -1.17. The molecule has 0 aromatic rings. The van der Waals surface area contributed by atoms with Crippen LogP contribution in [0.3, 0.4) is 0 Å². The number of carbonyl (C=O) groups is 3. The van der Waals surface area contributed by atoms with Gasteiger partial charge in [-0.1, -0.05) is 13.0 Å². The Hall–Kier alpha value is -2.13. The first-order valence-corrected chi connectivity index (χ1v) is 9.97. The van der Waals surface area contributed by atoms with Crippen LogP contribution in [0.25, 0.3) is 0 Å². The molecule has 0 radical (unpaired) electrons. The van der Waals surface area contributed by atoms with E-state index >= 15 is 0 Å². The summed E-state index contributed by atoms with van der Waals surface area (Å²) in [6.45, 7) is 5.33. The molecule has 0 bridgehead atoms. The van der Waals surface area contributed by atoms with Crippen LogP contribution in [-0.2, 0) is 14.3 Å². The van der Waals surface area contributed by atoms with Crippen molar-refractivity contribution in [2.75, 3.05) is 19.6 Å². The monoisotopic (exact) mass is 396 g/mol. The van der Waals surface area contributed by atoms with Crippen LogP contribution >= 0.6 is 0 Å². The average Bonchev–Trinajstić information content (AvgIpc) is 2.86. The minimum Gasteiger partial charge on any atom is -0.478 e. The first-order chi connectivity index (χ1) is 13.3. The van der Waals surface area contributed by atoms with E-state index in [9.17, 15) is 19.5 Å². The minimum atomic E-state index is -0.981. The molecule has 2 aliphatic rings. The van der Waals surface area contributed by atoms with Crippen LogP contribution < -0.4 is 16.4 Å². The summed E-state index contributed by atoms with van der Waals surface area (Å²) in [6.07, 6.45) is 4.39. The lowest BCUT2D eigenvalue weighted by atomic mass is 9.86. The van der Waals surface area contributed by atoms with Crippen molar-refractivity contribution in [3.63, 3.8) is 0 Å². The highest BCUT2D eigenvalue weighted by atomic mass is 16.6. The van der Waals surface area contributed by atoms with Crippen molar-refractivity contribution in [1.82, 2.24) is 15.5 Å². The molecular formula is C19H32N4O5. The Bertz CT molecular complexity index is 609. The maximum Gasteiger partial charge on any atom is 0.407 e. The number of rotatable bonds is 6. The van der Waals surface area contributed by atoms with Crippen molar-refractivity contribution in [3.05, 3.63) is 11.6 Å². The van der Waals surface area contributed by atoms with Crippen LogP contribution in [0.15, 0.2) is 11.6 Å². The first kappa shape index (κ1) is 22.2. The Balaban J connectivity index is 2.07. The maximum atomic E-state index is 11.8. The van der Waals surface area contributed by atoms with Crippen molar-refractivity contribution in [2.24, 2.45) is 5.73 Å². The van der Waals surface area contributed by atoms with Gasteiger partial charge in [-0.25, -0.2) is 9.59 Å². The fourth-order valence-corrected chi connectivity index (χ4v) is 3.85. The zero-order valence-corrected chi connectivity index (χ0v) is 16.6. The number of nitrogens with zero attached hydrogens (tertiary/aromatic N) is 1. The van der Waals surface area contributed by atoms with Crippen LogP contribution in [-0.4, -0.2) is 71.8 Å². The van der Waals surface area contributed by atoms with E-state index in [2.05, 4.69) is 15.5 Å². The molecule has 1 unspecified atom stereocenters. The zero-order valence-electron chi connectivity index (χ0n) is 16.6. The Morgan fingerprint density at radius 2 is 2.07 bits per heavy atom. The number of aliphatic carboxylic acids is 1. The lowest BCUT2D eigenvalue weighted by Gasteiger charge is -2.41. The summed E-state index contributed by atoms with van der Waals surface area (Å²) in [5.41, 5.74) is 6.48. The maximum absolute atomic E-state index is 11.8. The second-order valence-corrected chi connectivity index (χ2v) is 7.50. The standard InChI is InChI=1S/C19H32N4O5/c1-3-7-21-19(27)28-14-5-4-8-23(9-6-14)16-11-13(18(25)26)10-15(20)17(16)22-12(2)24/h11,14-17H,3-10,20H2,1-2H3,(H,21,27)(H,22,24)(H,25,26)/t14?,15-,16+,17+/m0/s1. The van der Waals surface area contributed by atoms with Crippen LogP contribution in [0.2, 0.25) is 0 Å². The van der Waals surface area contributed by atoms with E-state index in [1.165, 1.54) is 6.92 Å². The third-order valence-corrected chi connectivity index (χ3v) is 5.23. The van der Waals surface area contributed by atoms with Crippen molar-refractivity contribution in [1.29, 1.82) is 0 Å². The summed E-state index contributed by atoms with van der Waals surface area (Å²) in [6, 6.07) is -1.13. The molecule has 2 amide bonds. The van der Waals surface area contributed by atoms with Crippen molar-refractivity contribution in [2.45, 2.75) is 70.2 Å². The van der Waals surface area contributed by atoms with Gasteiger partial charge >= 0.3 is 12.1 Å². The molecule has 0 aromatic heterocycles. The molecule has 9 heteroatoms. The molecule has 1 saturated heterocycles. The van der Waals surface area contributed by atoms with Gasteiger partial charge in [0.25, 0.3) is 0 Å². The Kier molecular flexibility index (Phi) is 8.25. The molecule has 9 nitrogen and oxygen atoms in total. The summed E-state index contributed by atoms with van der Waals surface area (Å²) >= 11 is 0. The van der Waals surface area contributed by atoms with Gasteiger partial charge in [0.1, 0.15) is 6.10 Å². The molecular weight excluding hydrogens is 364 g/mol. The van der Waals surface area contributed by atoms with Gasteiger partial charge in [-0.3, -0.25) is 9.69 Å². The summed E-state index contributed by atoms with van der Waals surface area (Å²) in [4.78, 5) is 37.1. The molecule has 1 aliphatic heterocycles. The normalized spacial score (nSPS) is 28.6. The van der Waals surface area contributed by atoms with Gasteiger partial charge in [-0.2, -0.15) is 0 Å². The molecule has 0 saturated carbocycles. The van der Waals surface area contributed by atoms with Gasteiger partial charge in [-0.05, 0) is 38.6 Å². The molecule has 158 valence electrons. The number of likely N-dealkylation sites (tertiary alicyclic amines) is 1. The SMILES string of the molecule is CCCNC(=O)OC1CCCN([C@@H]2C=C(C(=O)O)C[C@H](N)[C@H]2NC(C)=O)CC1. The van der Waals surface area contributed by atoms with E-state index in [0.29, 0.717) is 26.1 Å². The lowest BCUT2D eigenvalue weighted by Crippen LogP contribution is -2.60. The number of nitrogens with two attached hydrogens (primary N) is 1. The first-order valence-electron chi connectivity index (χ1n) is 9.97. The Labute approximate surface area is 165 Å². The van der Waals surface area contributed by atoms with E-state index < -0.39 is 18.1 Å². The van der Waals surface area contributed by atoms with Crippen molar-refractivity contribution >= 4 is 18.0 Å². The van der Waals surface area contributed by atoms with Gasteiger partial charge in [0.2, 0.25) is 5.91 Å². The number of carbonyl (C=O) groups excluding carboxylic acids is 2. The number of carboxylic acids is 1. The average molecular weight is 396 g/mol. The second kappa shape index (κ2) is 10.4. The number of ether oxygens (including phenoxy) is 1. The Morgan fingerprint density at radius 3 is 2.71 bits per heavy atom. The number of hydrogen-bond donors (Lipinski definition) is 4. The smallest absolute Gasteiger partial charge is 0.407 e. The third kappa shape index (κ3) is 6.20. The summed E-state index contributed by atoms with van der Waals surface area (Å²) < 4.78 is 5.50. The summed E-state index contributed by atoms with van der Waals surface area (Å²) in [7, 11) is 0. The van der Waals surface area contributed by atoms with E-state index in [1.807, 2.05) is 6.92 Å². The molecule has 1 fully saturated rings. The van der Waals surface area contributed by atoms with E-state index in [1.54, 1.807) is 6.08 Å². The van der Waals surface area contributed by atoms with Gasteiger partial charge < -0.3 is 26.2 Å². The number of hydrogen-bond acceptors (Lipinski definition) is 6. The van der Waals surface area contributed by atoms with E-state index in [-0.39, 0.29) is 36.1 Å². The molecule has 4 atom stereocenters. The second-order valence-electron chi connectivity index (χ2n) is 7.50. The minimum absolute atomic E-state index is 0.179. The van der Waals surface area contributed by atoms with Crippen molar-refractivity contribution in [3.8, 4) is 0 Å². The van der Waals surface area contributed by atoms with Gasteiger partial charge in [0.15, 0.2) is 0 Å². The van der Waals surface area contributed by atoms with Crippen LogP contribution in [0.1, 0.15) is 46.0 Å². The third-order valence-electron chi connectivity index (χ3n) is 5.23. The highest BCUT2D eigenvalue weighted by molar-refractivity contribution is 5.87. The molecule has 1 heterocycles. The number of alkyl carbamates (subject to hydrolysis) is 1. The fourth-order valence-electron chi connectivity index (χ4n) is 3.85. The molecule has 2 rings (SSSR count). The molecule has 0 aromatic carbocycles. The van der Waals surface area contributed by atoms with Crippen LogP contribution in [0.5, 0.6) is 0 Å². The molecule has 1 aliphatic carbocycles. The van der Waals surface area contributed by atoms with Crippen LogP contribution in [0, 0.1) is 0 Å². The van der Waals surface area contributed by atoms with Gasteiger partial charge in [-0.15, -0.1) is 0 Å². The predicted octanol–water partition coefficient (Wildman–Crippen LogP) is 0.592. The fraction of sp³-hybridized carbons (Fsp3) is 0.737. The van der Waals surface area contributed by atoms with Crippen LogP contribution in [0.4, 0.5) is 4.79 Å². The predicted molar refractivity (Wildman–Crippen MR) is 104 cm³/mol. The highest BCUT2D eigenvalue weighted by Gasteiger charge is 2.37. The molecule has 0 spiro atoms. The summed E-state index contributed by atoms with van der Waals surface area (Å²) in [5, 5.41) is 15.0.